The summed E-state index contributed by atoms with van der Waals surface area (Å²) in [4.78, 5) is 12.3. The van der Waals surface area contributed by atoms with E-state index in [0.717, 1.165) is 16.8 Å². The smallest absolute Gasteiger partial charge is 0.338 e. The van der Waals surface area contributed by atoms with Gasteiger partial charge in [-0.2, -0.15) is 5.26 Å². The molecule has 6 nitrogen and oxygen atoms in total. The van der Waals surface area contributed by atoms with Crippen molar-refractivity contribution in [1.29, 1.82) is 5.26 Å². The van der Waals surface area contributed by atoms with Crippen molar-refractivity contribution in [1.82, 2.24) is 5.16 Å². The predicted molar refractivity (Wildman–Crippen MR) is 97.0 cm³/mol. The maximum absolute atomic E-state index is 12.3. The molecule has 0 atom stereocenters. The second-order valence-electron chi connectivity index (χ2n) is 6.01. The Kier molecular flexibility index (Phi) is 5.53. The van der Waals surface area contributed by atoms with Crippen LogP contribution in [-0.4, -0.2) is 11.1 Å². The quantitative estimate of drug-likeness (QED) is 0.614. The SMILES string of the molecule is Cc1noc(C)c1COc1cccc(C(=O)OCc2cccc(C#N)c2)c1. The number of esters is 1. The van der Waals surface area contributed by atoms with Gasteiger partial charge in [-0.3, -0.25) is 0 Å². The Balaban J connectivity index is 1.62. The van der Waals surface area contributed by atoms with Gasteiger partial charge in [-0.25, -0.2) is 4.79 Å². The monoisotopic (exact) mass is 362 g/mol. The minimum atomic E-state index is -0.458. The zero-order chi connectivity index (χ0) is 19.2. The summed E-state index contributed by atoms with van der Waals surface area (Å²) >= 11 is 0. The third-order valence-corrected chi connectivity index (χ3v) is 4.06. The maximum atomic E-state index is 12.3. The molecule has 2 aromatic carbocycles. The number of carbonyl (C=O) groups excluding carboxylic acids is 1. The standard InChI is InChI=1S/C21H18N2O4/c1-14-20(15(2)27-23-14)13-25-19-8-4-7-18(10-19)21(24)26-12-17-6-3-5-16(9-17)11-22/h3-10H,12-13H2,1-2H3. The number of ether oxygens (including phenoxy) is 2. The van der Waals surface area contributed by atoms with Crippen LogP contribution in [0.15, 0.2) is 53.1 Å². The normalized spacial score (nSPS) is 10.3. The van der Waals surface area contributed by atoms with Crippen molar-refractivity contribution in [2.24, 2.45) is 0 Å². The summed E-state index contributed by atoms with van der Waals surface area (Å²) in [6, 6.07) is 15.8. The first-order valence-electron chi connectivity index (χ1n) is 8.37. The van der Waals surface area contributed by atoms with Gasteiger partial charge in [0.2, 0.25) is 0 Å². The van der Waals surface area contributed by atoms with Crippen LogP contribution in [0.4, 0.5) is 0 Å². The van der Waals surface area contributed by atoms with E-state index in [1.165, 1.54) is 0 Å². The molecule has 0 N–H and O–H groups in total. The van der Waals surface area contributed by atoms with Gasteiger partial charge < -0.3 is 14.0 Å². The lowest BCUT2D eigenvalue weighted by molar-refractivity contribution is 0.0472. The summed E-state index contributed by atoms with van der Waals surface area (Å²) in [5.41, 5.74) is 3.34. The minimum absolute atomic E-state index is 0.0958. The van der Waals surface area contributed by atoms with Crippen LogP contribution in [0.5, 0.6) is 5.75 Å². The van der Waals surface area contributed by atoms with E-state index in [1.54, 1.807) is 48.5 Å². The Bertz CT molecular complexity index is 982. The lowest BCUT2D eigenvalue weighted by Crippen LogP contribution is -2.06. The Morgan fingerprint density at radius 3 is 2.70 bits per heavy atom. The Labute approximate surface area is 156 Å². The van der Waals surface area contributed by atoms with Gasteiger partial charge in [0.25, 0.3) is 0 Å². The number of hydrogen-bond acceptors (Lipinski definition) is 6. The van der Waals surface area contributed by atoms with Crippen molar-refractivity contribution in [2.75, 3.05) is 0 Å². The van der Waals surface area contributed by atoms with Crippen LogP contribution in [0.1, 0.15) is 38.5 Å². The lowest BCUT2D eigenvalue weighted by Gasteiger charge is -2.09. The molecule has 0 aliphatic carbocycles. The molecule has 0 saturated heterocycles. The molecule has 1 heterocycles. The van der Waals surface area contributed by atoms with Gasteiger partial charge in [0.15, 0.2) is 0 Å². The molecule has 0 aliphatic heterocycles. The summed E-state index contributed by atoms with van der Waals surface area (Å²) in [5, 5.41) is 12.8. The summed E-state index contributed by atoms with van der Waals surface area (Å²) in [6.07, 6.45) is 0. The molecular formula is C21H18N2O4. The molecule has 1 aromatic heterocycles. The average molecular weight is 362 g/mol. The number of nitriles is 1. The van der Waals surface area contributed by atoms with E-state index in [-0.39, 0.29) is 6.61 Å². The number of nitrogens with zero attached hydrogens (tertiary/aromatic N) is 2. The molecule has 3 rings (SSSR count). The minimum Gasteiger partial charge on any atom is -0.489 e. The third-order valence-electron chi connectivity index (χ3n) is 4.06. The first kappa shape index (κ1) is 18.2. The molecule has 0 unspecified atom stereocenters. The van der Waals surface area contributed by atoms with Gasteiger partial charge in [-0.15, -0.1) is 0 Å². The highest BCUT2D eigenvalue weighted by molar-refractivity contribution is 5.89. The second-order valence-corrected chi connectivity index (χ2v) is 6.01. The average Bonchev–Trinajstić information content (AvgIpc) is 3.02. The number of aryl methyl sites for hydroxylation is 2. The summed E-state index contributed by atoms with van der Waals surface area (Å²) in [6.45, 7) is 4.08. The van der Waals surface area contributed by atoms with Crippen molar-refractivity contribution in [3.05, 3.63) is 82.2 Å². The van der Waals surface area contributed by atoms with Crippen LogP contribution in [0, 0.1) is 25.2 Å². The number of aromatic nitrogens is 1. The summed E-state index contributed by atoms with van der Waals surface area (Å²) in [5.74, 6) is 0.804. The van der Waals surface area contributed by atoms with E-state index in [2.05, 4.69) is 11.2 Å². The van der Waals surface area contributed by atoms with E-state index >= 15 is 0 Å². The van der Waals surface area contributed by atoms with Crippen LogP contribution in [-0.2, 0) is 18.0 Å². The predicted octanol–water partition coefficient (Wildman–Crippen LogP) is 4.10. The van der Waals surface area contributed by atoms with Crippen LogP contribution in [0.2, 0.25) is 0 Å². The number of carbonyl (C=O) groups is 1. The van der Waals surface area contributed by atoms with Crippen molar-refractivity contribution in [2.45, 2.75) is 27.1 Å². The van der Waals surface area contributed by atoms with Gasteiger partial charge >= 0.3 is 5.97 Å². The van der Waals surface area contributed by atoms with Gasteiger partial charge in [-0.1, -0.05) is 23.4 Å². The lowest BCUT2D eigenvalue weighted by atomic mass is 10.1. The number of rotatable bonds is 6. The highest BCUT2D eigenvalue weighted by Gasteiger charge is 2.12. The van der Waals surface area contributed by atoms with E-state index in [9.17, 15) is 4.79 Å². The second kappa shape index (κ2) is 8.19. The molecule has 0 fully saturated rings. The molecule has 0 spiro atoms. The van der Waals surface area contributed by atoms with Crippen LogP contribution in [0.3, 0.4) is 0 Å². The van der Waals surface area contributed by atoms with E-state index in [4.69, 9.17) is 19.3 Å². The van der Waals surface area contributed by atoms with Gasteiger partial charge in [0.1, 0.15) is 24.7 Å². The van der Waals surface area contributed by atoms with Gasteiger partial charge in [-0.05, 0) is 49.7 Å². The Morgan fingerprint density at radius 2 is 1.96 bits per heavy atom. The molecule has 3 aromatic rings. The molecule has 0 radical (unpaired) electrons. The van der Waals surface area contributed by atoms with Crippen LogP contribution in [0.25, 0.3) is 0 Å². The first-order chi connectivity index (χ1) is 13.1. The maximum Gasteiger partial charge on any atom is 0.338 e. The molecule has 6 heteroatoms. The number of hydrogen-bond donors (Lipinski definition) is 0. The fraction of sp³-hybridized carbons (Fsp3) is 0.190. The molecular weight excluding hydrogens is 344 g/mol. The molecule has 27 heavy (non-hydrogen) atoms. The van der Waals surface area contributed by atoms with E-state index in [1.807, 2.05) is 13.8 Å². The molecule has 0 aliphatic rings. The summed E-state index contributed by atoms with van der Waals surface area (Å²) < 4.78 is 16.2. The van der Waals surface area contributed by atoms with Crippen molar-refractivity contribution >= 4 is 5.97 Å². The Morgan fingerprint density at radius 1 is 1.15 bits per heavy atom. The molecule has 0 amide bonds. The van der Waals surface area contributed by atoms with Gasteiger partial charge in [0.05, 0.1) is 28.5 Å². The molecule has 0 bridgehead atoms. The molecule has 136 valence electrons. The number of benzene rings is 2. The van der Waals surface area contributed by atoms with Crippen molar-refractivity contribution in [3.8, 4) is 11.8 Å². The zero-order valence-electron chi connectivity index (χ0n) is 15.1. The fourth-order valence-electron chi connectivity index (χ4n) is 2.54. The fourth-order valence-corrected chi connectivity index (χ4v) is 2.54. The largest absolute Gasteiger partial charge is 0.489 e. The van der Waals surface area contributed by atoms with Crippen molar-refractivity contribution in [3.63, 3.8) is 0 Å². The van der Waals surface area contributed by atoms with Crippen LogP contribution >= 0.6 is 0 Å². The van der Waals surface area contributed by atoms with Crippen LogP contribution < -0.4 is 4.74 Å². The highest BCUT2D eigenvalue weighted by atomic mass is 16.5. The van der Waals surface area contributed by atoms with E-state index in [0.29, 0.717) is 29.2 Å². The van der Waals surface area contributed by atoms with E-state index < -0.39 is 5.97 Å². The zero-order valence-corrected chi connectivity index (χ0v) is 15.1. The molecule has 0 saturated carbocycles. The van der Waals surface area contributed by atoms with Crippen molar-refractivity contribution < 1.29 is 18.8 Å². The first-order valence-corrected chi connectivity index (χ1v) is 8.37. The van der Waals surface area contributed by atoms with Gasteiger partial charge in [0, 0.05) is 0 Å². The summed E-state index contributed by atoms with van der Waals surface area (Å²) in [7, 11) is 0. The third kappa shape index (κ3) is 4.53. The Hall–Kier alpha value is -3.59. The topological polar surface area (TPSA) is 85.3 Å². The highest BCUT2D eigenvalue weighted by Crippen LogP contribution is 2.19.